The number of nitrogen functional groups attached to an aromatic ring is 1. The normalized spacial score (nSPS) is 10.5. The highest BCUT2D eigenvalue weighted by atomic mass is 32.1. The van der Waals surface area contributed by atoms with E-state index in [4.69, 9.17) is 10.8 Å². The number of carbonyl (C=O) groups is 1. The van der Waals surface area contributed by atoms with Gasteiger partial charge in [-0.3, -0.25) is 9.59 Å². The lowest BCUT2D eigenvalue weighted by Crippen LogP contribution is -2.21. The number of anilines is 1. The van der Waals surface area contributed by atoms with Crippen LogP contribution in [0.1, 0.15) is 11.1 Å². The van der Waals surface area contributed by atoms with E-state index in [0.29, 0.717) is 5.82 Å². The Morgan fingerprint density at radius 2 is 2.28 bits per heavy atom. The molecule has 6 nitrogen and oxygen atoms in total. The molecule has 0 saturated carbocycles. The van der Waals surface area contributed by atoms with E-state index >= 15 is 0 Å². The molecule has 2 rings (SSSR count). The van der Waals surface area contributed by atoms with Gasteiger partial charge in [-0.25, -0.2) is 4.98 Å². The molecule has 0 amide bonds. The number of hydrogen-bond donors (Lipinski definition) is 3. The summed E-state index contributed by atoms with van der Waals surface area (Å²) in [4.78, 5) is 29.0. The Morgan fingerprint density at radius 1 is 1.56 bits per heavy atom. The van der Waals surface area contributed by atoms with Gasteiger partial charge in [-0.1, -0.05) is 0 Å². The molecule has 0 unspecified atom stereocenters. The number of carboxylic acid groups (broad SMARTS) is 1. The van der Waals surface area contributed by atoms with Crippen molar-refractivity contribution in [1.29, 1.82) is 0 Å². The summed E-state index contributed by atoms with van der Waals surface area (Å²) in [6.45, 7) is 1.90. The number of thiophene rings is 1. The molecule has 0 fully saturated rings. The van der Waals surface area contributed by atoms with Crippen LogP contribution >= 0.6 is 11.3 Å². The smallest absolute Gasteiger partial charge is 0.308 e. The summed E-state index contributed by atoms with van der Waals surface area (Å²) < 4.78 is 0. The van der Waals surface area contributed by atoms with Gasteiger partial charge in [0.05, 0.1) is 12.0 Å². The number of aliphatic carboxylic acids is 1. The summed E-state index contributed by atoms with van der Waals surface area (Å²) >= 11 is 1.49. The maximum atomic E-state index is 11.8. The van der Waals surface area contributed by atoms with Gasteiger partial charge in [-0.05, 0) is 17.9 Å². The van der Waals surface area contributed by atoms with Crippen LogP contribution in [-0.2, 0) is 11.2 Å². The molecule has 0 aliphatic carbocycles. The Kier molecular flexibility index (Phi) is 3.15. The summed E-state index contributed by atoms with van der Waals surface area (Å²) in [5.41, 5.74) is 6.89. The number of nitrogens with one attached hydrogen (secondary N) is 1. The highest BCUT2D eigenvalue weighted by molar-refractivity contribution is 7.08. The van der Waals surface area contributed by atoms with Gasteiger partial charge in [0.2, 0.25) is 0 Å². The third kappa shape index (κ3) is 2.25. The fourth-order valence-corrected chi connectivity index (χ4v) is 2.40. The summed E-state index contributed by atoms with van der Waals surface area (Å²) in [7, 11) is 0. The molecular weight excluding hydrogens is 254 g/mol. The minimum Gasteiger partial charge on any atom is -0.481 e. The van der Waals surface area contributed by atoms with E-state index < -0.39 is 17.9 Å². The molecule has 18 heavy (non-hydrogen) atoms. The first-order valence-electron chi connectivity index (χ1n) is 5.12. The van der Waals surface area contributed by atoms with Crippen molar-refractivity contribution in [1.82, 2.24) is 9.97 Å². The zero-order valence-corrected chi connectivity index (χ0v) is 10.4. The molecule has 2 heterocycles. The average Bonchev–Trinajstić information content (AvgIpc) is 2.69. The van der Waals surface area contributed by atoms with Gasteiger partial charge < -0.3 is 15.8 Å². The molecule has 2 aromatic rings. The average molecular weight is 265 g/mol. The number of aromatic nitrogens is 2. The predicted molar refractivity (Wildman–Crippen MR) is 68.7 cm³/mol. The Balaban J connectivity index is 2.53. The summed E-state index contributed by atoms with van der Waals surface area (Å²) in [6.07, 6.45) is -0.433. The maximum absolute atomic E-state index is 11.8. The Labute approximate surface area is 106 Å². The first-order chi connectivity index (χ1) is 8.49. The lowest BCUT2D eigenvalue weighted by molar-refractivity contribution is -0.136. The van der Waals surface area contributed by atoms with E-state index in [-0.39, 0.29) is 11.4 Å². The third-order valence-corrected chi connectivity index (χ3v) is 3.35. The van der Waals surface area contributed by atoms with E-state index in [1.807, 2.05) is 17.7 Å². The van der Waals surface area contributed by atoms with Crippen molar-refractivity contribution < 1.29 is 9.90 Å². The minimum atomic E-state index is -1.12. The molecule has 7 heteroatoms. The first-order valence-corrected chi connectivity index (χ1v) is 6.07. The van der Waals surface area contributed by atoms with Crippen LogP contribution in [0.4, 0.5) is 5.82 Å². The van der Waals surface area contributed by atoms with Crippen molar-refractivity contribution in [3.05, 3.63) is 32.2 Å². The van der Waals surface area contributed by atoms with Crippen LogP contribution in [0.3, 0.4) is 0 Å². The first kappa shape index (κ1) is 12.3. The highest BCUT2D eigenvalue weighted by Crippen LogP contribution is 2.23. The van der Waals surface area contributed by atoms with Crippen molar-refractivity contribution in [3.63, 3.8) is 0 Å². The largest absolute Gasteiger partial charge is 0.481 e. The summed E-state index contributed by atoms with van der Waals surface area (Å²) in [6, 6.07) is 0. The van der Waals surface area contributed by atoms with Crippen LogP contribution in [0.25, 0.3) is 11.4 Å². The number of hydrogen-bond acceptors (Lipinski definition) is 5. The van der Waals surface area contributed by atoms with Gasteiger partial charge in [0.15, 0.2) is 0 Å². The third-order valence-electron chi connectivity index (χ3n) is 2.49. The molecule has 0 radical (unpaired) electrons. The number of rotatable bonds is 3. The second-order valence-corrected chi connectivity index (χ2v) is 4.56. The lowest BCUT2D eigenvalue weighted by atomic mass is 10.2. The fourth-order valence-electron chi connectivity index (χ4n) is 1.57. The molecule has 2 aromatic heterocycles. The van der Waals surface area contributed by atoms with Crippen LogP contribution in [-0.4, -0.2) is 21.0 Å². The van der Waals surface area contributed by atoms with Crippen molar-refractivity contribution in [2.24, 2.45) is 0 Å². The van der Waals surface area contributed by atoms with E-state index in [0.717, 1.165) is 11.1 Å². The summed E-state index contributed by atoms with van der Waals surface area (Å²) in [5, 5.41) is 12.5. The van der Waals surface area contributed by atoms with Crippen molar-refractivity contribution in [3.8, 4) is 11.4 Å². The van der Waals surface area contributed by atoms with Crippen LogP contribution in [0, 0.1) is 6.92 Å². The quantitative estimate of drug-likeness (QED) is 0.767. The van der Waals surface area contributed by atoms with Gasteiger partial charge in [0.25, 0.3) is 5.56 Å². The van der Waals surface area contributed by atoms with Gasteiger partial charge in [0, 0.05) is 10.9 Å². The van der Waals surface area contributed by atoms with E-state index in [2.05, 4.69) is 9.97 Å². The predicted octanol–water partition coefficient (Wildman–Crippen LogP) is 1.02. The zero-order chi connectivity index (χ0) is 13.3. The standard InChI is InChI=1S/C11H11N3O3S/c1-5-3-18-4-7(5)10-13-9(12)6(2-8(15)16)11(17)14-10/h3-4H,2H2,1H3,(H,15,16)(H3,12,13,14,17). The van der Waals surface area contributed by atoms with Gasteiger partial charge in [0.1, 0.15) is 11.6 Å². The molecule has 0 spiro atoms. The molecule has 0 bridgehead atoms. The number of aromatic amines is 1. The van der Waals surface area contributed by atoms with Crippen LogP contribution in [0.2, 0.25) is 0 Å². The molecular formula is C11H11N3O3S. The van der Waals surface area contributed by atoms with Gasteiger partial charge in [-0.15, -0.1) is 0 Å². The zero-order valence-electron chi connectivity index (χ0n) is 9.56. The number of aryl methyl sites for hydroxylation is 1. The Bertz CT molecular complexity index is 660. The van der Waals surface area contributed by atoms with Crippen LogP contribution < -0.4 is 11.3 Å². The topological polar surface area (TPSA) is 109 Å². The molecule has 94 valence electrons. The number of nitrogens with two attached hydrogens (primary N) is 1. The summed E-state index contributed by atoms with van der Waals surface area (Å²) in [5.74, 6) is -0.791. The van der Waals surface area contributed by atoms with E-state index in [1.54, 1.807) is 0 Å². The minimum absolute atomic E-state index is 0.0147. The molecule has 0 atom stereocenters. The Hall–Kier alpha value is -2.15. The molecule has 0 aliphatic heterocycles. The molecule has 4 N–H and O–H groups in total. The second kappa shape index (κ2) is 4.61. The van der Waals surface area contributed by atoms with E-state index in [1.165, 1.54) is 11.3 Å². The van der Waals surface area contributed by atoms with Crippen molar-refractivity contribution in [2.75, 3.05) is 5.73 Å². The van der Waals surface area contributed by atoms with Crippen molar-refractivity contribution in [2.45, 2.75) is 13.3 Å². The molecule has 0 saturated heterocycles. The molecule has 0 aliphatic rings. The monoisotopic (exact) mass is 265 g/mol. The SMILES string of the molecule is Cc1cscc1-c1nc(N)c(CC(=O)O)c(=O)[nH]1. The second-order valence-electron chi connectivity index (χ2n) is 3.82. The molecule has 0 aromatic carbocycles. The lowest BCUT2D eigenvalue weighted by Gasteiger charge is -2.05. The van der Waals surface area contributed by atoms with Crippen molar-refractivity contribution >= 4 is 23.1 Å². The number of H-pyrrole nitrogens is 1. The number of carboxylic acids is 1. The number of nitrogens with zero attached hydrogens (tertiary/aromatic N) is 1. The highest BCUT2D eigenvalue weighted by Gasteiger charge is 2.14. The maximum Gasteiger partial charge on any atom is 0.308 e. The van der Waals surface area contributed by atoms with Gasteiger partial charge in [-0.2, -0.15) is 11.3 Å². The van der Waals surface area contributed by atoms with Crippen LogP contribution in [0.15, 0.2) is 15.6 Å². The fraction of sp³-hybridized carbons (Fsp3) is 0.182. The van der Waals surface area contributed by atoms with E-state index in [9.17, 15) is 9.59 Å². The van der Waals surface area contributed by atoms with Crippen LogP contribution in [0.5, 0.6) is 0 Å². The Morgan fingerprint density at radius 3 is 2.78 bits per heavy atom. The van der Waals surface area contributed by atoms with Gasteiger partial charge >= 0.3 is 5.97 Å².